The van der Waals surface area contributed by atoms with E-state index in [1.54, 1.807) is 0 Å². The van der Waals surface area contributed by atoms with Crippen molar-refractivity contribution in [1.82, 2.24) is 4.90 Å². The van der Waals surface area contributed by atoms with Gasteiger partial charge >= 0.3 is 0 Å². The Morgan fingerprint density at radius 2 is 1.76 bits per heavy atom. The predicted molar refractivity (Wildman–Crippen MR) is 74.3 cm³/mol. The number of likely N-dealkylation sites (tertiary alicyclic amines) is 1. The van der Waals surface area contributed by atoms with Crippen molar-refractivity contribution < 1.29 is 5.11 Å². The fraction of sp³-hybridized carbons (Fsp3) is 1.00. The van der Waals surface area contributed by atoms with E-state index in [1.165, 1.54) is 70.9 Å². The first-order valence-electron chi connectivity index (χ1n) is 7.65. The van der Waals surface area contributed by atoms with Crippen LogP contribution in [0.2, 0.25) is 0 Å². The van der Waals surface area contributed by atoms with Crippen molar-refractivity contribution in [2.45, 2.75) is 77.2 Å². The van der Waals surface area contributed by atoms with Gasteiger partial charge in [0.05, 0.1) is 6.61 Å². The molecule has 0 aliphatic carbocycles. The molecule has 1 N–H and O–H groups in total. The van der Waals surface area contributed by atoms with Crippen LogP contribution in [0.25, 0.3) is 0 Å². The van der Waals surface area contributed by atoms with Crippen LogP contribution >= 0.6 is 0 Å². The molecule has 1 aliphatic rings. The highest BCUT2D eigenvalue weighted by Crippen LogP contribution is 2.34. The van der Waals surface area contributed by atoms with Gasteiger partial charge in [-0.1, -0.05) is 46.0 Å². The molecule has 1 unspecified atom stereocenters. The molecular weight excluding hydrogens is 210 g/mol. The highest BCUT2D eigenvalue weighted by molar-refractivity contribution is 4.95. The Morgan fingerprint density at radius 1 is 1.06 bits per heavy atom. The Hall–Kier alpha value is -0.0800. The summed E-state index contributed by atoms with van der Waals surface area (Å²) in [6, 6.07) is 0. The molecule has 0 aromatic rings. The van der Waals surface area contributed by atoms with Crippen LogP contribution < -0.4 is 0 Å². The molecule has 1 rings (SSSR count). The van der Waals surface area contributed by atoms with E-state index in [9.17, 15) is 5.11 Å². The normalized spacial score (nSPS) is 25.6. The van der Waals surface area contributed by atoms with Crippen LogP contribution in [0, 0.1) is 0 Å². The molecule has 0 aromatic heterocycles. The van der Waals surface area contributed by atoms with Gasteiger partial charge < -0.3 is 5.11 Å². The first-order valence-corrected chi connectivity index (χ1v) is 7.65. The third-order valence-electron chi connectivity index (χ3n) is 4.31. The number of nitrogens with zero attached hydrogens (tertiary/aromatic N) is 1. The number of aliphatic hydroxyl groups is 1. The van der Waals surface area contributed by atoms with E-state index < -0.39 is 0 Å². The van der Waals surface area contributed by atoms with Crippen molar-refractivity contribution in [3.8, 4) is 0 Å². The molecule has 0 spiro atoms. The summed E-state index contributed by atoms with van der Waals surface area (Å²) in [5, 5.41) is 9.80. The van der Waals surface area contributed by atoms with E-state index in [0.717, 1.165) is 0 Å². The van der Waals surface area contributed by atoms with Crippen molar-refractivity contribution in [3.63, 3.8) is 0 Å². The standard InChI is InChI=1S/C15H31NO/c1-3-5-7-10-15(14-17)11-9-13-16(15)12-8-6-4-2/h17H,3-14H2,1-2H3. The molecule has 1 saturated heterocycles. The largest absolute Gasteiger partial charge is 0.394 e. The maximum Gasteiger partial charge on any atom is 0.0615 e. The van der Waals surface area contributed by atoms with Crippen LogP contribution in [-0.4, -0.2) is 35.2 Å². The fourth-order valence-corrected chi connectivity index (χ4v) is 3.14. The summed E-state index contributed by atoms with van der Waals surface area (Å²) in [5.74, 6) is 0. The maximum atomic E-state index is 9.80. The van der Waals surface area contributed by atoms with Gasteiger partial charge in [-0.15, -0.1) is 0 Å². The second-order valence-corrected chi connectivity index (χ2v) is 5.64. The lowest BCUT2D eigenvalue weighted by Gasteiger charge is -2.37. The first kappa shape index (κ1) is 15.0. The van der Waals surface area contributed by atoms with Crippen LogP contribution in [0.1, 0.15) is 71.6 Å². The van der Waals surface area contributed by atoms with Gasteiger partial charge in [0.1, 0.15) is 0 Å². The lowest BCUT2D eigenvalue weighted by molar-refractivity contribution is 0.0531. The molecule has 1 heterocycles. The van der Waals surface area contributed by atoms with Gasteiger partial charge in [0.2, 0.25) is 0 Å². The zero-order chi connectivity index (χ0) is 12.6. The highest BCUT2D eigenvalue weighted by Gasteiger charge is 2.39. The van der Waals surface area contributed by atoms with E-state index in [0.29, 0.717) is 6.61 Å². The monoisotopic (exact) mass is 241 g/mol. The molecule has 1 aliphatic heterocycles. The van der Waals surface area contributed by atoms with E-state index >= 15 is 0 Å². The Kier molecular flexibility index (Phi) is 7.14. The van der Waals surface area contributed by atoms with Crippen LogP contribution in [0.15, 0.2) is 0 Å². The molecule has 1 atom stereocenters. The minimum atomic E-state index is 0.142. The highest BCUT2D eigenvalue weighted by atomic mass is 16.3. The van der Waals surface area contributed by atoms with Gasteiger partial charge in [0.25, 0.3) is 0 Å². The summed E-state index contributed by atoms with van der Waals surface area (Å²) in [4.78, 5) is 2.58. The average Bonchev–Trinajstić information content (AvgIpc) is 2.74. The Bertz CT molecular complexity index is 195. The number of rotatable bonds is 9. The molecular formula is C15H31NO. The topological polar surface area (TPSA) is 23.5 Å². The summed E-state index contributed by atoms with van der Waals surface area (Å²) in [6.45, 7) is 7.27. The maximum absolute atomic E-state index is 9.80. The molecule has 0 radical (unpaired) electrons. The van der Waals surface area contributed by atoms with Crippen LogP contribution in [-0.2, 0) is 0 Å². The first-order chi connectivity index (χ1) is 8.29. The molecule has 0 saturated carbocycles. The zero-order valence-electron chi connectivity index (χ0n) is 11.9. The number of hydrogen-bond donors (Lipinski definition) is 1. The SMILES string of the molecule is CCCCCN1CCCC1(CO)CCCCC. The van der Waals surface area contributed by atoms with Gasteiger partial charge in [-0.3, -0.25) is 4.90 Å². The second-order valence-electron chi connectivity index (χ2n) is 5.64. The Balaban J connectivity index is 2.42. The summed E-state index contributed by atoms with van der Waals surface area (Å²) < 4.78 is 0. The Labute approximate surface area is 107 Å². The number of aliphatic hydroxyl groups excluding tert-OH is 1. The molecule has 1 fully saturated rings. The molecule has 102 valence electrons. The minimum Gasteiger partial charge on any atom is -0.394 e. The summed E-state index contributed by atoms with van der Waals surface area (Å²) in [6.07, 6.45) is 11.5. The van der Waals surface area contributed by atoms with Gasteiger partial charge in [-0.25, -0.2) is 0 Å². The van der Waals surface area contributed by atoms with Crippen LogP contribution in [0.4, 0.5) is 0 Å². The van der Waals surface area contributed by atoms with Gasteiger partial charge in [0, 0.05) is 5.54 Å². The lowest BCUT2D eigenvalue weighted by Crippen LogP contribution is -2.47. The third-order valence-corrected chi connectivity index (χ3v) is 4.31. The smallest absolute Gasteiger partial charge is 0.0615 e. The third kappa shape index (κ3) is 4.26. The van der Waals surface area contributed by atoms with Gasteiger partial charge in [-0.2, -0.15) is 0 Å². The van der Waals surface area contributed by atoms with Crippen LogP contribution in [0.5, 0.6) is 0 Å². The van der Waals surface area contributed by atoms with Crippen molar-refractivity contribution in [1.29, 1.82) is 0 Å². The van der Waals surface area contributed by atoms with Crippen molar-refractivity contribution >= 4 is 0 Å². The number of hydrogen-bond acceptors (Lipinski definition) is 2. The van der Waals surface area contributed by atoms with Crippen molar-refractivity contribution in [3.05, 3.63) is 0 Å². The van der Waals surface area contributed by atoms with Crippen molar-refractivity contribution in [2.24, 2.45) is 0 Å². The predicted octanol–water partition coefficient (Wildman–Crippen LogP) is 3.58. The zero-order valence-corrected chi connectivity index (χ0v) is 11.9. The number of unbranched alkanes of at least 4 members (excludes halogenated alkanes) is 4. The Morgan fingerprint density at radius 3 is 2.41 bits per heavy atom. The molecule has 0 amide bonds. The molecule has 2 nitrogen and oxygen atoms in total. The summed E-state index contributed by atoms with van der Waals surface area (Å²) >= 11 is 0. The fourth-order valence-electron chi connectivity index (χ4n) is 3.14. The molecule has 2 heteroatoms. The van der Waals surface area contributed by atoms with Crippen LogP contribution in [0.3, 0.4) is 0 Å². The molecule has 17 heavy (non-hydrogen) atoms. The van der Waals surface area contributed by atoms with E-state index in [-0.39, 0.29) is 5.54 Å². The molecule has 0 aromatic carbocycles. The van der Waals surface area contributed by atoms with Crippen molar-refractivity contribution in [2.75, 3.05) is 19.7 Å². The van der Waals surface area contributed by atoms with Gasteiger partial charge in [0.15, 0.2) is 0 Å². The lowest BCUT2D eigenvalue weighted by atomic mass is 9.90. The quantitative estimate of drug-likeness (QED) is 0.624. The van der Waals surface area contributed by atoms with E-state index in [1.807, 2.05) is 0 Å². The average molecular weight is 241 g/mol. The molecule has 0 bridgehead atoms. The second kappa shape index (κ2) is 8.10. The minimum absolute atomic E-state index is 0.142. The van der Waals surface area contributed by atoms with Gasteiger partial charge in [-0.05, 0) is 38.8 Å². The summed E-state index contributed by atoms with van der Waals surface area (Å²) in [7, 11) is 0. The van der Waals surface area contributed by atoms with E-state index in [4.69, 9.17) is 0 Å². The summed E-state index contributed by atoms with van der Waals surface area (Å²) in [5.41, 5.74) is 0.142. The van der Waals surface area contributed by atoms with E-state index in [2.05, 4.69) is 18.7 Å².